The van der Waals surface area contributed by atoms with Crippen molar-refractivity contribution in [2.45, 2.75) is 182 Å². The molecule has 0 fully saturated rings. The molecule has 0 saturated carbocycles. The molecule has 7 heteroatoms. The summed E-state index contributed by atoms with van der Waals surface area (Å²) in [5, 5.41) is 19.3. The van der Waals surface area contributed by atoms with E-state index in [0.717, 1.165) is 64.2 Å². The quantitative estimate of drug-likeness (QED) is 0.0770. The molecule has 0 heterocycles. The molecule has 0 aromatic carbocycles. The summed E-state index contributed by atoms with van der Waals surface area (Å²) in [5.74, 6) is 0.854. The zero-order valence-corrected chi connectivity index (χ0v) is 27.7. The Kier molecular flexibility index (Phi) is 25.0. The molecule has 0 rings (SSSR count). The lowest BCUT2D eigenvalue weighted by molar-refractivity contribution is -0.125. The second-order valence-electron chi connectivity index (χ2n) is 12.8. The normalized spacial score (nSPS) is 15.0. The SMILES string of the molecule is CCCCCC(C)CC(=O)NCCCCC(C[C@@H](C)O)NC(=O)CC(CCCCC)NC(=O)CC(C)CCCCC. The summed E-state index contributed by atoms with van der Waals surface area (Å²) in [6.45, 7) is 13.2. The lowest BCUT2D eigenvalue weighted by Gasteiger charge is -2.23. The highest BCUT2D eigenvalue weighted by Gasteiger charge is 2.21. The Morgan fingerprint density at radius 2 is 1.00 bits per heavy atom. The maximum Gasteiger partial charge on any atom is 0.222 e. The molecule has 0 aliphatic rings. The number of unbranched alkanes of at least 4 members (excludes halogenated alkanes) is 7. The van der Waals surface area contributed by atoms with Crippen LogP contribution < -0.4 is 16.0 Å². The molecule has 0 spiro atoms. The highest BCUT2D eigenvalue weighted by molar-refractivity contribution is 5.80. The van der Waals surface area contributed by atoms with E-state index in [2.05, 4.69) is 50.6 Å². The first-order valence-electron chi connectivity index (χ1n) is 17.1. The average molecular weight is 582 g/mol. The summed E-state index contributed by atoms with van der Waals surface area (Å²) in [4.78, 5) is 38.0. The summed E-state index contributed by atoms with van der Waals surface area (Å²) in [6.07, 6.45) is 17.1. The zero-order valence-electron chi connectivity index (χ0n) is 27.7. The van der Waals surface area contributed by atoms with E-state index in [1.807, 2.05) is 0 Å². The van der Waals surface area contributed by atoms with Crippen LogP contribution in [0.15, 0.2) is 0 Å². The summed E-state index contributed by atoms with van der Waals surface area (Å²) in [6, 6.07) is -0.286. The van der Waals surface area contributed by atoms with E-state index in [9.17, 15) is 19.5 Å². The van der Waals surface area contributed by atoms with Gasteiger partial charge in [-0.25, -0.2) is 0 Å². The maximum atomic E-state index is 13.0. The molecule has 4 unspecified atom stereocenters. The smallest absolute Gasteiger partial charge is 0.222 e. The summed E-state index contributed by atoms with van der Waals surface area (Å²) in [7, 11) is 0. The zero-order chi connectivity index (χ0) is 30.9. The van der Waals surface area contributed by atoms with Crippen molar-refractivity contribution < 1.29 is 19.5 Å². The minimum absolute atomic E-state index is 0.0428. The molecule has 41 heavy (non-hydrogen) atoms. The molecule has 0 aromatic rings. The van der Waals surface area contributed by atoms with Gasteiger partial charge in [0.1, 0.15) is 0 Å². The van der Waals surface area contributed by atoms with Crippen LogP contribution in [0.2, 0.25) is 0 Å². The molecule has 0 saturated heterocycles. The number of aliphatic hydroxyl groups excluding tert-OH is 1. The number of nitrogens with one attached hydrogen (secondary N) is 3. The van der Waals surface area contributed by atoms with Crippen molar-refractivity contribution in [1.29, 1.82) is 0 Å². The molecular formula is C34H67N3O4. The number of carbonyl (C=O) groups is 3. The molecule has 3 amide bonds. The van der Waals surface area contributed by atoms with Crippen molar-refractivity contribution in [2.75, 3.05) is 6.54 Å². The molecule has 242 valence electrons. The van der Waals surface area contributed by atoms with E-state index in [-0.39, 0.29) is 36.2 Å². The monoisotopic (exact) mass is 582 g/mol. The summed E-state index contributed by atoms with van der Waals surface area (Å²) < 4.78 is 0. The van der Waals surface area contributed by atoms with Crippen molar-refractivity contribution in [3.05, 3.63) is 0 Å². The van der Waals surface area contributed by atoms with E-state index < -0.39 is 6.10 Å². The molecule has 4 N–H and O–H groups in total. The van der Waals surface area contributed by atoms with Crippen molar-refractivity contribution in [1.82, 2.24) is 16.0 Å². The number of rotatable bonds is 27. The number of hydrogen-bond donors (Lipinski definition) is 4. The van der Waals surface area contributed by atoms with E-state index in [1.165, 1.54) is 32.1 Å². The van der Waals surface area contributed by atoms with Gasteiger partial charge in [0.25, 0.3) is 0 Å². The first kappa shape index (κ1) is 39.4. The Morgan fingerprint density at radius 1 is 0.561 bits per heavy atom. The Hall–Kier alpha value is -1.63. The third-order valence-corrected chi connectivity index (χ3v) is 7.91. The minimum atomic E-state index is -0.511. The van der Waals surface area contributed by atoms with Crippen molar-refractivity contribution in [3.63, 3.8) is 0 Å². The highest BCUT2D eigenvalue weighted by Crippen LogP contribution is 2.15. The van der Waals surface area contributed by atoms with Gasteiger partial charge in [0.2, 0.25) is 17.7 Å². The molecule has 7 nitrogen and oxygen atoms in total. The second kappa shape index (κ2) is 26.0. The molecular weight excluding hydrogens is 514 g/mol. The van der Waals surface area contributed by atoms with Gasteiger partial charge in [0.05, 0.1) is 6.10 Å². The first-order valence-corrected chi connectivity index (χ1v) is 17.1. The Morgan fingerprint density at radius 3 is 1.54 bits per heavy atom. The van der Waals surface area contributed by atoms with Gasteiger partial charge in [0, 0.05) is 37.9 Å². The lowest BCUT2D eigenvalue weighted by Crippen LogP contribution is -2.43. The van der Waals surface area contributed by atoms with Crippen molar-refractivity contribution in [3.8, 4) is 0 Å². The van der Waals surface area contributed by atoms with E-state index in [1.54, 1.807) is 6.92 Å². The van der Waals surface area contributed by atoms with Crippen molar-refractivity contribution >= 4 is 17.7 Å². The van der Waals surface area contributed by atoms with Crippen LogP contribution in [0.3, 0.4) is 0 Å². The Balaban J connectivity index is 4.66. The van der Waals surface area contributed by atoms with Crippen LogP contribution >= 0.6 is 0 Å². The maximum absolute atomic E-state index is 13.0. The predicted molar refractivity (Wildman–Crippen MR) is 172 cm³/mol. The van der Waals surface area contributed by atoms with E-state index >= 15 is 0 Å². The fraction of sp³-hybridized carbons (Fsp3) is 0.912. The van der Waals surface area contributed by atoms with Gasteiger partial charge in [-0.3, -0.25) is 14.4 Å². The van der Waals surface area contributed by atoms with Crippen LogP contribution in [0, 0.1) is 11.8 Å². The molecule has 5 atom stereocenters. The third-order valence-electron chi connectivity index (χ3n) is 7.91. The van der Waals surface area contributed by atoms with Gasteiger partial charge in [-0.2, -0.15) is 0 Å². The summed E-state index contributed by atoms with van der Waals surface area (Å²) in [5.41, 5.74) is 0. The molecule has 0 aromatic heterocycles. The fourth-order valence-corrected chi connectivity index (χ4v) is 5.46. The van der Waals surface area contributed by atoms with Gasteiger partial charge >= 0.3 is 0 Å². The number of amides is 3. The lowest BCUT2D eigenvalue weighted by atomic mass is 9.98. The summed E-state index contributed by atoms with van der Waals surface area (Å²) >= 11 is 0. The number of carbonyl (C=O) groups excluding carboxylic acids is 3. The molecule has 0 aliphatic carbocycles. The van der Waals surface area contributed by atoms with Gasteiger partial charge < -0.3 is 21.1 Å². The number of hydrogen-bond acceptors (Lipinski definition) is 4. The first-order chi connectivity index (χ1) is 19.6. The van der Waals surface area contributed by atoms with Gasteiger partial charge in [0.15, 0.2) is 0 Å². The van der Waals surface area contributed by atoms with E-state index in [0.29, 0.717) is 37.6 Å². The average Bonchev–Trinajstić information content (AvgIpc) is 2.88. The minimum Gasteiger partial charge on any atom is -0.393 e. The van der Waals surface area contributed by atoms with Crippen LogP contribution in [0.4, 0.5) is 0 Å². The Bertz CT molecular complexity index is 670. The van der Waals surface area contributed by atoms with Crippen LogP contribution in [-0.2, 0) is 14.4 Å². The van der Waals surface area contributed by atoms with Crippen LogP contribution in [0.5, 0.6) is 0 Å². The Labute approximate surface area is 253 Å². The van der Waals surface area contributed by atoms with Crippen LogP contribution in [0.25, 0.3) is 0 Å². The van der Waals surface area contributed by atoms with Gasteiger partial charge in [-0.15, -0.1) is 0 Å². The standard InChI is InChI=1S/C34H67N3O4/c1-7-10-13-18-27(4)23-32(39)35-22-17-16-21-30(25-29(6)38)36-34(41)26-31(20-15-12-9-3)37-33(40)24-28(5)19-14-11-8-2/h27-31,38H,7-26H2,1-6H3,(H,35,39)(H,36,41)(H,37,40)/t27?,28?,29-,30?,31?/m1/s1. The molecule has 0 bridgehead atoms. The van der Waals surface area contributed by atoms with Crippen molar-refractivity contribution in [2.24, 2.45) is 11.8 Å². The van der Waals surface area contributed by atoms with Crippen LogP contribution in [-0.4, -0.2) is 47.6 Å². The van der Waals surface area contributed by atoms with Gasteiger partial charge in [-0.1, -0.05) is 105 Å². The predicted octanol–water partition coefficient (Wildman–Crippen LogP) is 7.20. The highest BCUT2D eigenvalue weighted by atomic mass is 16.3. The largest absolute Gasteiger partial charge is 0.393 e. The molecule has 0 aliphatic heterocycles. The number of aliphatic hydroxyl groups is 1. The van der Waals surface area contributed by atoms with E-state index in [4.69, 9.17) is 0 Å². The molecule has 0 radical (unpaired) electrons. The van der Waals surface area contributed by atoms with Crippen LogP contribution in [0.1, 0.15) is 164 Å². The fourth-order valence-electron chi connectivity index (χ4n) is 5.46. The topological polar surface area (TPSA) is 108 Å². The van der Waals surface area contributed by atoms with Gasteiger partial charge in [-0.05, 0) is 50.9 Å². The third kappa shape index (κ3) is 24.7. The second-order valence-corrected chi connectivity index (χ2v) is 12.8.